The van der Waals surface area contributed by atoms with Crippen molar-refractivity contribution in [3.63, 3.8) is 0 Å². The Labute approximate surface area is 97.1 Å². The van der Waals surface area contributed by atoms with Crippen molar-refractivity contribution in [2.24, 2.45) is 16.2 Å². The van der Waals surface area contributed by atoms with Crippen LogP contribution in [0.25, 0.3) is 0 Å². The van der Waals surface area contributed by atoms with Gasteiger partial charge in [-0.05, 0) is 22.7 Å². The normalized spacial score (nSPS) is 13.8. The van der Waals surface area contributed by atoms with Crippen molar-refractivity contribution in [3.05, 3.63) is 0 Å². The third kappa shape index (κ3) is 5.82. The molecule has 0 heterocycles. The zero-order valence-electron chi connectivity index (χ0n) is 10.2. The molecule has 0 saturated carbocycles. The minimum atomic E-state index is 0. The van der Waals surface area contributed by atoms with Gasteiger partial charge in [0.1, 0.15) is 0 Å². The van der Waals surface area contributed by atoms with Gasteiger partial charge in [-0.1, -0.05) is 55.4 Å². The summed E-state index contributed by atoms with van der Waals surface area (Å²) in [6.45, 7) is 18.7. The van der Waals surface area contributed by atoms with Crippen molar-refractivity contribution in [1.82, 2.24) is 0 Å². The maximum atomic E-state index is 2.37. The Hall–Kier alpha value is 0.597. The Morgan fingerprint density at radius 1 is 0.692 bits per heavy atom. The summed E-state index contributed by atoms with van der Waals surface area (Å²) in [4.78, 5) is 0. The van der Waals surface area contributed by atoms with Crippen molar-refractivity contribution < 1.29 is 0 Å². The second-order valence-electron chi connectivity index (χ2n) is 6.87. The van der Waals surface area contributed by atoms with E-state index in [1.165, 1.54) is 6.42 Å². The summed E-state index contributed by atoms with van der Waals surface area (Å²) >= 11 is 0. The third-order valence-electron chi connectivity index (χ3n) is 3.00. The average molecular weight is 178 g/mol. The van der Waals surface area contributed by atoms with Crippen LogP contribution in [0.1, 0.15) is 61.8 Å². The van der Waals surface area contributed by atoms with Gasteiger partial charge in [0.2, 0.25) is 0 Å². The number of hydrogen-bond acceptors (Lipinski definition) is 0. The van der Waals surface area contributed by atoms with Crippen LogP contribution in [0.15, 0.2) is 0 Å². The molecule has 76 valence electrons. The van der Waals surface area contributed by atoms with Gasteiger partial charge in [0.15, 0.2) is 0 Å². The Bertz CT molecular complexity index is 143. The van der Waals surface area contributed by atoms with E-state index >= 15 is 0 Å². The van der Waals surface area contributed by atoms with Gasteiger partial charge < -0.3 is 0 Å². The van der Waals surface area contributed by atoms with Crippen LogP contribution >= 0.6 is 0 Å². The van der Waals surface area contributed by atoms with Gasteiger partial charge in [0.25, 0.3) is 0 Å². The fourth-order valence-electron chi connectivity index (χ4n) is 1.59. The van der Waals surface area contributed by atoms with E-state index in [0.29, 0.717) is 16.2 Å². The van der Waals surface area contributed by atoms with Gasteiger partial charge in [-0.25, -0.2) is 0 Å². The molecule has 0 unspecified atom stereocenters. The predicted molar refractivity (Wildman–Crippen MR) is 64.5 cm³/mol. The summed E-state index contributed by atoms with van der Waals surface area (Å²) in [5.74, 6) is 0. The van der Waals surface area contributed by atoms with Crippen molar-refractivity contribution in [3.8, 4) is 0 Å². The molecule has 0 aliphatic heterocycles. The first kappa shape index (κ1) is 16.0. The van der Waals surface area contributed by atoms with E-state index in [2.05, 4.69) is 55.4 Å². The van der Waals surface area contributed by atoms with Crippen LogP contribution in [0.4, 0.5) is 0 Å². The van der Waals surface area contributed by atoms with Gasteiger partial charge in [-0.15, -0.1) is 0 Å². The van der Waals surface area contributed by atoms with Gasteiger partial charge >= 0.3 is 18.9 Å². The Morgan fingerprint density at radius 2 is 1.00 bits per heavy atom. The van der Waals surface area contributed by atoms with Crippen LogP contribution in [0.5, 0.6) is 0 Å². The molecule has 0 saturated heterocycles. The second kappa shape index (κ2) is 4.41. The predicted octanol–water partition coefficient (Wildman–Crippen LogP) is 3.85. The molecule has 0 nitrogen and oxygen atoms in total. The summed E-state index contributed by atoms with van der Waals surface area (Å²) in [6, 6.07) is 0. The van der Waals surface area contributed by atoms with Crippen molar-refractivity contribution in [2.75, 3.05) is 0 Å². The Morgan fingerprint density at radius 3 is 1.08 bits per heavy atom. The molecule has 0 spiro atoms. The van der Waals surface area contributed by atoms with Gasteiger partial charge in [-0.2, -0.15) is 0 Å². The summed E-state index contributed by atoms with van der Waals surface area (Å²) in [5, 5.41) is 0. The van der Waals surface area contributed by atoms with Crippen LogP contribution in [0.2, 0.25) is 0 Å². The fourth-order valence-corrected chi connectivity index (χ4v) is 1.59. The second-order valence-corrected chi connectivity index (χ2v) is 6.87. The van der Waals surface area contributed by atoms with Crippen molar-refractivity contribution in [2.45, 2.75) is 61.8 Å². The van der Waals surface area contributed by atoms with Crippen LogP contribution in [0.3, 0.4) is 0 Å². The van der Waals surface area contributed by atoms with Gasteiger partial charge in [0, 0.05) is 0 Å². The first-order valence-electron chi connectivity index (χ1n) is 4.96. The fraction of sp³-hybridized carbons (Fsp3) is 1.00. The zero-order chi connectivity index (χ0) is 10.2. The molecule has 0 aliphatic rings. The van der Waals surface area contributed by atoms with Crippen LogP contribution in [0, 0.1) is 16.2 Å². The summed E-state index contributed by atoms with van der Waals surface area (Å²) in [6.07, 6.45) is 1.28. The molecule has 0 aromatic carbocycles. The van der Waals surface area contributed by atoms with Crippen molar-refractivity contribution >= 4 is 18.9 Å². The van der Waals surface area contributed by atoms with Crippen LogP contribution in [-0.2, 0) is 0 Å². The minimum absolute atomic E-state index is 0. The molecule has 0 aromatic heterocycles. The molecule has 0 radical (unpaired) electrons. The zero-order valence-corrected chi connectivity index (χ0v) is 10.2. The van der Waals surface area contributed by atoms with Crippen LogP contribution in [-0.4, -0.2) is 18.9 Å². The molecule has 0 rings (SSSR count). The molecule has 0 aromatic rings. The first-order chi connectivity index (χ1) is 4.96. The molecular formula is C12H27Li. The van der Waals surface area contributed by atoms with E-state index in [1.807, 2.05) is 0 Å². The Kier molecular flexibility index (Phi) is 5.44. The van der Waals surface area contributed by atoms with Gasteiger partial charge in [0.05, 0.1) is 0 Å². The molecule has 0 N–H and O–H groups in total. The van der Waals surface area contributed by atoms with Crippen molar-refractivity contribution in [1.29, 1.82) is 0 Å². The third-order valence-corrected chi connectivity index (χ3v) is 3.00. The quantitative estimate of drug-likeness (QED) is 0.535. The van der Waals surface area contributed by atoms with Gasteiger partial charge in [-0.3, -0.25) is 0 Å². The molecule has 0 amide bonds. The average Bonchev–Trinajstić information content (AvgIpc) is 1.52. The van der Waals surface area contributed by atoms with E-state index in [4.69, 9.17) is 0 Å². The Balaban J connectivity index is 0. The number of hydrogen-bond donors (Lipinski definition) is 0. The summed E-state index contributed by atoms with van der Waals surface area (Å²) < 4.78 is 0. The van der Waals surface area contributed by atoms with E-state index in [1.54, 1.807) is 0 Å². The maximum absolute atomic E-state index is 2.37. The molecule has 0 bridgehead atoms. The molecule has 0 fully saturated rings. The molecule has 1 heteroatoms. The molecular weight excluding hydrogens is 151 g/mol. The van der Waals surface area contributed by atoms with E-state index < -0.39 is 0 Å². The molecule has 13 heavy (non-hydrogen) atoms. The summed E-state index contributed by atoms with van der Waals surface area (Å²) in [7, 11) is 0. The standard InChI is InChI=1S/C12H26.Li.H/c1-10(2,3)9-12(7,8)11(4,5)6;;/h9H2,1-8H3;;. The summed E-state index contributed by atoms with van der Waals surface area (Å²) in [5.41, 5.74) is 1.27. The monoisotopic (exact) mass is 178 g/mol. The topological polar surface area (TPSA) is 0 Å². The molecule has 0 aliphatic carbocycles. The SMILES string of the molecule is CC(C)(C)CC(C)(C)C(C)(C)C.[LiH]. The first-order valence-corrected chi connectivity index (χ1v) is 4.96. The van der Waals surface area contributed by atoms with E-state index in [-0.39, 0.29) is 18.9 Å². The van der Waals surface area contributed by atoms with E-state index in [0.717, 1.165) is 0 Å². The number of rotatable bonds is 1. The van der Waals surface area contributed by atoms with Crippen LogP contribution < -0.4 is 0 Å². The molecule has 0 atom stereocenters. The van der Waals surface area contributed by atoms with E-state index in [9.17, 15) is 0 Å².